The number of halogens is 2. The monoisotopic (exact) mass is 234 g/mol. The predicted octanol–water partition coefficient (Wildman–Crippen LogP) is 1.79. The van der Waals surface area contributed by atoms with Crippen LogP contribution in [0.4, 0.5) is 5.69 Å². The minimum atomic E-state index is -0.819. The standard InChI is InChI=1S/C7H3Cl2NO4/c8-5-4(10(13)14)1-3(2-11)7(12)6(5)9/h1-2,12H/p-1. The van der Waals surface area contributed by atoms with Gasteiger partial charge in [-0.05, 0) is 0 Å². The maximum absolute atomic E-state index is 11.1. The lowest BCUT2D eigenvalue weighted by molar-refractivity contribution is -0.384. The number of aldehydes is 1. The lowest BCUT2D eigenvalue weighted by atomic mass is 10.2. The molecule has 0 unspecified atom stereocenters. The molecule has 0 saturated heterocycles. The fourth-order valence-electron chi connectivity index (χ4n) is 0.835. The molecule has 1 aromatic carbocycles. The van der Waals surface area contributed by atoms with Crippen molar-refractivity contribution in [2.75, 3.05) is 0 Å². The van der Waals surface area contributed by atoms with Crippen molar-refractivity contribution in [3.63, 3.8) is 0 Å². The average Bonchev–Trinajstić information content (AvgIpc) is 2.14. The van der Waals surface area contributed by atoms with Gasteiger partial charge in [0.2, 0.25) is 0 Å². The van der Waals surface area contributed by atoms with Crippen molar-refractivity contribution in [3.05, 3.63) is 31.8 Å². The Morgan fingerprint density at radius 1 is 1.36 bits per heavy atom. The van der Waals surface area contributed by atoms with Crippen molar-refractivity contribution < 1.29 is 14.8 Å². The predicted molar refractivity (Wildman–Crippen MR) is 47.9 cm³/mol. The van der Waals surface area contributed by atoms with Gasteiger partial charge in [-0.15, -0.1) is 0 Å². The van der Waals surface area contributed by atoms with Crippen molar-refractivity contribution in [1.29, 1.82) is 0 Å². The zero-order valence-electron chi connectivity index (χ0n) is 6.49. The van der Waals surface area contributed by atoms with E-state index in [2.05, 4.69) is 0 Å². The van der Waals surface area contributed by atoms with Gasteiger partial charge in [-0.2, -0.15) is 0 Å². The van der Waals surface area contributed by atoms with Gasteiger partial charge >= 0.3 is 0 Å². The molecule has 1 aromatic rings. The summed E-state index contributed by atoms with van der Waals surface area (Å²) in [5, 5.41) is 20.6. The van der Waals surface area contributed by atoms with Crippen LogP contribution in [0.5, 0.6) is 5.75 Å². The Bertz CT molecular complexity index is 419. The highest BCUT2D eigenvalue weighted by Crippen LogP contribution is 2.38. The lowest BCUT2D eigenvalue weighted by Gasteiger charge is -2.12. The summed E-state index contributed by atoms with van der Waals surface area (Å²) in [6.45, 7) is 0. The molecule has 0 aliphatic heterocycles. The molecular formula is C7H2Cl2NO4-. The minimum absolute atomic E-state index is 0.192. The van der Waals surface area contributed by atoms with Gasteiger partial charge in [-0.3, -0.25) is 14.9 Å². The molecule has 74 valence electrons. The molecule has 0 N–H and O–H groups in total. The molecule has 7 heteroatoms. The molecule has 0 aromatic heterocycles. The van der Waals surface area contributed by atoms with E-state index in [-0.39, 0.29) is 11.8 Å². The molecule has 0 amide bonds. The third-order valence-corrected chi connectivity index (χ3v) is 2.33. The van der Waals surface area contributed by atoms with Crippen LogP contribution in [0, 0.1) is 10.1 Å². The second-order valence-electron chi connectivity index (χ2n) is 2.32. The molecule has 0 fully saturated rings. The van der Waals surface area contributed by atoms with E-state index in [1.54, 1.807) is 0 Å². The number of hydrogen-bond donors (Lipinski definition) is 0. The molecule has 0 atom stereocenters. The van der Waals surface area contributed by atoms with E-state index >= 15 is 0 Å². The summed E-state index contributed by atoms with van der Waals surface area (Å²) in [6, 6.07) is 0.795. The number of hydrogen-bond acceptors (Lipinski definition) is 4. The highest BCUT2D eigenvalue weighted by molar-refractivity contribution is 6.44. The normalized spacial score (nSPS) is 9.86. The van der Waals surface area contributed by atoms with Crippen molar-refractivity contribution in [2.45, 2.75) is 0 Å². The number of nitrogens with zero attached hydrogens (tertiary/aromatic N) is 1. The van der Waals surface area contributed by atoms with Crippen LogP contribution in [0.25, 0.3) is 0 Å². The van der Waals surface area contributed by atoms with Gasteiger partial charge in [0.05, 0.1) is 9.95 Å². The van der Waals surface area contributed by atoms with Crippen LogP contribution in [0.1, 0.15) is 10.4 Å². The van der Waals surface area contributed by atoms with Crippen LogP contribution in [0.2, 0.25) is 10.0 Å². The first-order chi connectivity index (χ1) is 6.49. The van der Waals surface area contributed by atoms with Gasteiger partial charge in [0.25, 0.3) is 5.69 Å². The highest BCUT2D eigenvalue weighted by Gasteiger charge is 2.18. The van der Waals surface area contributed by atoms with E-state index in [1.807, 2.05) is 0 Å². The molecule has 5 nitrogen and oxygen atoms in total. The fraction of sp³-hybridized carbons (Fsp3) is 0. The van der Waals surface area contributed by atoms with Crippen LogP contribution in [0.3, 0.4) is 0 Å². The summed E-state index contributed by atoms with van der Waals surface area (Å²) >= 11 is 10.8. The van der Waals surface area contributed by atoms with Crippen molar-refractivity contribution >= 4 is 35.2 Å². The summed E-state index contributed by atoms with van der Waals surface area (Å²) < 4.78 is 0. The van der Waals surface area contributed by atoms with Gasteiger partial charge in [0.1, 0.15) is 11.3 Å². The van der Waals surface area contributed by atoms with Gasteiger partial charge in [0, 0.05) is 11.6 Å². The SMILES string of the molecule is O=Cc1cc([N+](=O)[O-])c(Cl)c(Cl)c1[O-]. The van der Waals surface area contributed by atoms with Gasteiger partial charge in [-0.1, -0.05) is 29.0 Å². The fourth-order valence-corrected chi connectivity index (χ4v) is 1.25. The molecule has 0 aliphatic rings. The molecule has 0 heterocycles. The highest BCUT2D eigenvalue weighted by atomic mass is 35.5. The zero-order valence-corrected chi connectivity index (χ0v) is 8.00. The molecule has 0 bridgehead atoms. The van der Waals surface area contributed by atoms with Gasteiger partial charge in [-0.25, -0.2) is 0 Å². The third kappa shape index (κ3) is 1.64. The first kappa shape index (κ1) is 10.7. The maximum Gasteiger partial charge on any atom is 0.290 e. The number of nitro benzene ring substituents is 1. The molecule has 0 saturated carbocycles. The zero-order chi connectivity index (χ0) is 10.9. The molecule has 0 spiro atoms. The second kappa shape index (κ2) is 3.81. The largest absolute Gasteiger partial charge is 0.871 e. The number of nitro groups is 1. The maximum atomic E-state index is 11.1. The van der Waals surface area contributed by atoms with Gasteiger partial charge < -0.3 is 5.11 Å². The van der Waals surface area contributed by atoms with Crippen LogP contribution in [0.15, 0.2) is 6.07 Å². The summed E-state index contributed by atoms with van der Waals surface area (Å²) in [5.41, 5.74) is -0.940. The quantitative estimate of drug-likeness (QED) is 0.444. The van der Waals surface area contributed by atoms with Crippen molar-refractivity contribution in [2.24, 2.45) is 0 Å². The Balaban J connectivity index is 3.56. The lowest BCUT2D eigenvalue weighted by Crippen LogP contribution is -2.00. The molecule has 0 aliphatic carbocycles. The van der Waals surface area contributed by atoms with Crippen LogP contribution in [-0.2, 0) is 0 Å². The van der Waals surface area contributed by atoms with E-state index in [0.717, 1.165) is 6.07 Å². The van der Waals surface area contributed by atoms with E-state index < -0.39 is 26.4 Å². The van der Waals surface area contributed by atoms with E-state index in [4.69, 9.17) is 23.2 Å². The Kier molecular flexibility index (Phi) is 2.93. The van der Waals surface area contributed by atoms with Crippen LogP contribution < -0.4 is 5.11 Å². The van der Waals surface area contributed by atoms with E-state index in [9.17, 15) is 20.0 Å². The number of carbonyl (C=O) groups is 1. The Labute approximate surface area is 88.0 Å². The van der Waals surface area contributed by atoms with Gasteiger partial charge in [0.15, 0.2) is 0 Å². The van der Waals surface area contributed by atoms with Crippen LogP contribution in [-0.4, -0.2) is 11.2 Å². The number of carbonyl (C=O) groups excluding carboxylic acids is 1. The average molecular weight is 235 g/mol. The summed E-state index contributed by atoms with van der Waals surface area (Å²) in [6.07, 6.45) is 0.192. The first-order valence-corrected chi connectivity index (χ1v) is 4.03. The summed E-state index contributed by atoms with van der Waals surface area (Å²) in [5.74, 6) is -0.808. The van der Waals surface area contributed by atoms with Crippen molar-refractivity contribution in [1.82, 2.24) is 0 Å². The number of rotatable bonds is 2. The topological polar surface area (TPSA) is 83.3 Å². The summed E-state index contributed by atoms with van der Waals surface area (Å²) in [7, 11) is 0. The molecule has 1 rings (SSSR count). The molecule has 0 radical (unpaired) electrons. The van der Waals surface area contributed by atoms with E-state index in [1.165, 1.54) is 0 Å². The van der Waals surface area contributed by atoms with E-state index in [0.29, 0.717) is 0 Å². The molecular weight excluding hydrogens is 233 g/mol. The van der Waals surface area contributed by atoms with Crippen LogP contribution >= 0.6 is 23.2 Å². The Morgan fingerprint density at radius 2 is 1.93 bits per heavy atom. The first-order valence-electron chi connectivity index (χ1n) is 3.27. The third-order valence-electron chi connectivity index (χ3n) is 1.50. The summed E-state index contributed by atoms with van der Waals surface area (Å²) in [4.78, 5) is 19.9. The Morgan fingerprint density at radius 3 is 2.36 bits per heavy atom. The number of benzene rings is 1. The Hall–Kier alpha value is -1.33. The second-order valence-corrected chi connectivity index (χ2v) is 3.07. The molecule has 14 heavy (non-hydrogen) atoms. The smallest absolute Gasteiger partial charge is 0.290 e. The minimum Gasteiger partial charge on any atom is -0.871 e. The van der Waals surface area contributed by atoms with Crippen molar-refractivity contribution in [3.8, 4) is 5.75 Å².